The van der Waals surface area contributed by atoms with Gasteiger partial charge in [0, 0.05) is 60.6 Å². The van der Waals surface area contributed by atoms with Gasteiger partial charge >= 0.3 is 0 Å². The fraction of sp³-hybridized carbons (Fsp3) is 0.333. The largest absolute Gasteiger partial charge is 0.365 e. The second-order valence-corrected chi connectivity index (χ2v) is 8.77. The Morgan fingerprint density at radius 1 is 1.17 bits per heavy atom. The predicted octanol–water partition coefficient (Wildman–Crippen LogP) is 4.87. The van der Waals surface area contributed by atoms with Gasteiger partial charge in [0.15, 0.2) is 0 Å². The summed E-state index contributed by atoms with van der Waals surface area (Å²) in [4.78, 5) is 20.3. The van der Waals surface area contributed by atoms with Gasteiger partial charge < -0.3 is 15.1 Å². The Morgan fingerprint density at radius 3 is 2.34 bits per heavy atom. The van der Waals surface area contributed by atoms with Crippen LogP contribution in [0.1, 0.15) is 19.4 Å². The lowest BCUT2D eigenvalue weighted by molar-refractivity contribution is -0.115. The number of rotatable bonds is 10. The summed E-state index contributed by atoms with van der Waals surface area (Å²) in [6.45, 7) is 5.40. The molecule has 0 saturated carbocycles. The molecule has 0 fully saturated rings. The first-order chi connectivity index (χ1) is 13.8. The third-order valence-corrected chi connectivity index (χ3v) is 5.97. The van der Waals surface area contributed by atoms with Crippen LogP contribution in [0.15, 0.2) is 58.3 Å². The van der Waals surface area contributed by atoms with Crippen LogP contribution >= 0.6 is 35.0 Å². The number of thioether (sulfide) groups is 1. The van der Waals surface area contributed by atoms with Crippen LogP contribution in [-0.4, -0.2) is 47.9 Å². The number of nitrogens with one attached hydrogen (secondary N) is 1. The van der Waals surface area contributed by atoms with E-state index in [9.17, 15) is 4.79 Å². The maximum Gasteiger partial charge on any atom is 0.213 e. The zero-order chi connectivity index (χ0) is 21.4. The second kappa shape index (κ2) is 11.5. The van der Waals surface area contributed by atoms with Crippen LogP contribution < -0.4 is 5.32 Å². The molecule has 0 saturated heterocycles. The third-order valence-electron chi connectivity index (χ3n) is 4.35. The van der Waals surface area contributed by atoms with Crippen molar-refractivity contribution in [3.05, 3.63) is 69.1 Å². The Balaban J connectivity index is 2.35. The number of aromatic nitrogens is 1. The highest BCUT2D eigenvalue weighted by atomic mass is 35.5. The van der Waals surface area contributed by atoms with Gasteiger partial charge in [0.2, 0.25) is 6.41 Å². The molecule has 0 aliphatic carbocycles. The van der Waals surface area contributed by atoms with Gasteiger partial charge in [-0.25, -0.2) is 0 Å². The molecule has 2 aromatic rings. The van der Waals surface area contributed by atoms with E-state index in [1.165, 1.54) is 11.8 Å². The van der Waals surface area contributed by atoms with Crippen molar-refractivity contribution in [3.8, 4) is 0 Å². The monoisotopic (exact) mass is 452 g/mol. The topological polar surface area (TPSA) is 48.5 Å². The van der Waals surface area contributed by atoms with Crippen molar-refractivity contribution in [2.75, 3.05) is 20.6 Å². The molecule has 0 atom stereocenters. The fourth-order valence-corrected chi connectivity index (χ4v) is 4.45. The molecule has 5 nitrogen and oxygen atoms in total. The summed E-state index contributed by atoms with van der Waals surface area (Å²) in [6.07, 6.45) is 4.35. The van der Waals surface area contributed by atoms with Crippen molar-refractivity contribution in [1.82, 2.24) is 20.1 Å². The molecular formula is C21H26Cl2N4OS. The molecule has 0 bridgehead atoms. The summed E-state index contributed by atoms with van der Waals surface area (Å²) in [5.41, 5.74) is 1.99. The average Bonchev–Trinajstić information content (AvgIpc) is 2.68. The van der Waals surface area contributed by atoms with Gasteiger partial charge in [0.05, 0.1) is 10.7 Å². The maximum absolute atomic E-state index is 11.6. The molecule has 0 unspecified atom stereocenters. The summed E-state index contributed by atoms with van der Waals surface area (Å²) >= 11 is 13.9. The normalized spacial score (nSPS) is 12.0. The first-order valence-corrected chi connectivity index (χ1v) is 10.8. The van der Waals surface area contributed by atoms with Gasteiger partial charge in [0.25, 0.3) is 0 Å². The first-order valence-electron chi connectivity index (χ1n) is 9.19. The lowest BCUT2D eigenvalue weighted by Gasteiger charge is -2.31. The molecule has 0 aliphatic heterocycles. The van der Waals surface area contributed by atoms with Crippen molar-refractivity contribution in [3.63, 3.8) is 0 Å². The van der Waals surface area contributed by atoms with Crippen LogP contribution in [0.5, 0.6) is 0 Å². The number of carbonyl (C=O) groups is 1. The van der Waals surface area contributed by atoms with E-state index in [0.29, 0.717) is 23.1 Å². The van der Waals surface area contributed by atoms with E-state index in [1.54, 1.807) is 30.4 Å². The lowest BCUT2D eigenvalue weighted by atomic mass is 10.2. The Hall–Kier alpha value is -1.73. The SMILES string of the molecule is CC(C)N(C)/C(Sc1cc(Cl)cc(Cl)c1)=C(/CNCc1ccncc1)N(C)C=O. The molecule has 29 heavy (non-hydrogen) atoms. The van der Waals surface area contributed by atoms with E-state index in [-0.39, 0.29) is 6.04 Å². The molecule has 1 heterocycles. The van der Waals surface area contributed by atoms with Crippen molar-refractivity contribution in [1.29, 1.82) is 0 Å². The minimum absolute atomic E-state index is 0.238. The van der Waals surface area contributed by atoms with Gasteiger partial charge in [-0.15, -0.1) is 0 Å². The molecular weight excluding hydrogens is 427 g/mol. The molecule has 156 valence electrons. The zero-order valence-corrected chi connectivity index (χ0v) is 19.4. The van der Waals surface area contributed by atoms with Gasteiger partial charge in [-0.3, -0.25) is 9.78 Å². The quantitative estimate of drug-likeness (QED) is 0.411. The summed E-state index contributed by atoms with van der Waals surface area (Å²) in [6, 6.07) is 9.61. The van der Waals surface area contributed by atoms with Crippen molar-refractivity contribution in [2.24, 2.45) is 0 Å². The number of hydrogen-bond acceptors (Lipinski definition) is 5. The van der Waals surface area contributed by atoms with E-state index in [2.05, 4.69) is 29.0 Å². The lowest BCUT2D eigenvalue weighted by Crippen LogP contribution is -2.33. The molecule has 1 aromatic heterocycles. The molecule has 0 radical (unpaired) electrons. The number of carbonyl (C=O) groups excluding carboxylic acids is 1. The molecule has 1 aromatic carbocycles. The summed E-state index contributed by atoms with van der Waals surface area (Å²) in [5, 5.41) is 5.53. The summed E-state index contributed by atoms with van der Waals surface area (Å²) in [7, 11) is 3.77. The predicted molar refractivity (Wildman–Crippen MR) is 122 cm³/mol. The van der Waals surface area contributed by atoms with E-state index in [1.807, 2.05) is 31.3 Å². The van der Waals surface area contributed by atoms with Gasteiger partial charge in [-0.1, -0.05) is 35.0 Å². The number of halogens is 2. The fourth-order valence-electron chi connectivity index (χ4n) is 2.51. The number of benzene rings is 1. The van der Waals surface area contributed by atoms with Crippen LogP contribution in [-0.2, 0) is 11.3 Å². The molecule has 0 spiro atoms. The standard InChI is InChI=1S/C21H26Cl2N4OS/c1-15(2)27(4)21(29-19-10-17(22)9-18(23)11-19)20(26(3)14-28)13-25-12-16-5-7-24-8-6-16/h5-11,14-15,25H,12-13H2,1-4H3/b21-20+. The molecule has 0 aliphatic rings. The number of amides is 1. The Labute approximate surface area is 187 Å². The van der Waals surface area contributed by atoms with Crippen LogP contribution in [0.25, 0.3) is 0 Å². The molecule has 8 heteroatoms. The van der Waals surface area contributed by atoms with E-state index < -0.39 is 0 Å². The molecule has 2 rings (SSSR count). The highest BCUT2D eigenvalue weighted by Crippen LogP contribution is 2.35. The minimum atomic E-state index is 0.238. The van der Waals surface area contributed by atoms with Gasteiger partial charge in [-0.05, 0) is 49.7 Å². The van der Waals surface area contributed by atoms with Gasteiger partial charge in [0.1, 0.15) is 0 Å². The minimum Gasteiger partial charge on any atom is -0.365 e. The van der Waals surface area contributed by atoms with E-state index in [4.69, 9.17) is 23.2 Å². The molecule has 1 amide bonds. The van der Waals surface area contributed by atoms with E-state index >= 15 is 0 Å². The van der Waals surface area contributed by atoms with Crippen LogP contribution in [0, 0.1) is 0 Å². The Kier molecular flexibility index (Phi) is 9.30. The van der Waals surface area contributed by atoms with Gasteiger partial charge in [-0.2, -0.15) is 0 Å². The second-order valence-electron chi connectivity index (χ2n) is 6.84. The maximum atomic E-state index is 11.6. The molecule has 1 N–H and O–H groups in total. The van der Waals surface area contributed by atoms with Crippen LogP contribution in [0.4, 0.5) is 0 Å². The highest BCUT2D eigenvalue weighted by Gasteiger charge is 2.19. The van der Waals surface area contributed by atoms with Crippen LogP contribution in [0.2, 0.25) is 10.0 Å². The third kappa shape index (κ3) is 7.23. The van der Waals surface area contributed by atoms with E-state index in [0.717, 1.165) is 27.6 Å². The first kappa shape index (κ1) is 23.5. The van der Waals surface area contributed by atoms with Crippen molar-refractivity contribution >= 4 is 41.4 Å². The number of pyridine rings is 1. The highest BCUT2D eigenvalue weighted by molar-refractivity contribution is 8.03. The Morgan fingerprint density at radius 2 is 1.79 bits per heavy atom. The summed E-state index contributed by atoms with van der Waals surface area (Å²) in [5.74, 6) is 0. The van der Waals surface area contributed by atoms with Crippen molar-refractivity contribution in [2.45, 2.75) is 31.3 Å². The zero-order valence-electron chi connectivity index (χ0n) is 17.0. The number of nitrogens with zero attached hydrogens (tertiary/aromatic N) is 3. The Bertz CT molecular complexity index is 826. The van der Waals surface area contributed by atoms with Crippen LogP contribution in [0.3, 0.4) is 0 Å². The number of hydrogen-bond donors (Lipinski definition) is 1. The number of likely N-dealkylation sites (N-methyl/N-ethyl adjacent to an activating group) is 1. The summed E-state index contributed by atoms with van der Waals surface area (Å²) < 4.78 is 0. The average molecular weight is 453 g/mol. The van der Waals surface area contributed by atoms with Crippen molar-refractivity contribution < 1.29 is 4.79 Å². The smallest absolute Gasteiger partial charge is 0.213 e.